The van der Waals surface area contributed by atoms with Crippen LogP contribution in [0.15, 0.2) is 30.7 Å². The molecule has 1 spiro atoms. The first-order valence-electron chi connectivity index (χ1n) is 13.0. The molecule has 3 saturated heterocycles. The minimum absolute atomic E-state index is 0.106. The maximum absolute atomic E-state index is 14.3. The summed E-state index contributed by atoms with van der Waals surface area (Å²) >= 11 is 0. The largest absolute Gasteiger partial charge is 0.453 e. The van der Waals surface area contributed by atoms with E-state index < -0.39 is 23.6 Å². The first-order valence-corrected chi connectivity index (χ1v) is 13.0. The van der Waals surface area contributed by atoms with Gasteiger partial charge in [-0.1, -0.05) is 0 Å². The van der Waals surface area contributed by atoms with Gasteiger partial charge in [-0.05, 0) is 58.4 Å². The van der Waals surface area contributed by atoms with E-state index in [9.17, 15) is 14.0 Å². The lowest BCUT2D eigenvalue weighted by Crippen LogP contribution is -2.41. The summed E-state index contributed by atoms with van der Waals surface area (Å²) in [7, 11) is 0. The Kier molecular flexibility index (Phi) is 7.23. The number of carbonyl (C=O) groups is 2. The molecule has 2 atom stereocenters. The molecule has 5 rings (SSSR count). The van der Waals surface area contributed by atoms with E-state index in [0.29, 0.717) is 44.3 Å². The van der Waals surface area contributed by atoms with Crippen molar-refractivity contribution in [2.24, 2.45) is 5.41 Å². The summed E-state index contributed by atoms with van der Waals surface area (Å²) in [5.74, 6) is -0.378. The van der Waals surface area contributed by atoms with Gasteiger partial charge < -0.3 is 24.4 Å². The normalized spacial score (nSPS) is 23.6. The maximum Gasteiger partial charge on any atom is 0.410 e. The molecule has 3 aliphatic heterocycles. The van der Waals surface area contributed by atoms with Gasteiger partial charge in [0.1, 0.15) is 29.2 Å². The van der Waals surface area contributed by atoms with Gasteiger partial charge in [-0.15, -0.1) is 0 Å². The van der Waals surface area contributed by atoms with E-state index in [1.165, 1.54) is 30.7 Å². The molecule has 10 nitrogen and oxygen atoms in total. The van der Waals surface area contributed by atoms with E-state index in [0.717, 1.165) is 25.9 Å². The van der Waals surface area contributed by atoms with Crippen molar-refractivity contribution >= 4 is 12.0 Å². The molecule has 3 aliphatic rings. The van der Waals surface area contributed by atoms with E-state index in [2.05, 4.69) is 15.3 Å². The van der Waals surface area contributed by atoms with Crippen LogP contribution in [0, 0.1) is 11.2 Å². The van der Waals surface area contributed by atoms with Crippen molar-refractivity contribution in [1.82, 2.24) is 25.1 Å². The molecular formula is C27H34FN5O5. The van der Waals surface area contributed by atoms with Crippen LogP contribution >= 0.6 is 0 Å². The quantitative estimate of drug-likeness (QED) is 0.644. The average Bonchev–Trinajstić information content (AvgIpc) is 3.52. The van der Waals surface area contributed by atoms with Gasteiger partial charge in [0, 0.05) is 31.6 Å². The van der Waals surface area contributed by atoms with Crippen LogP contribution in [0.25, 0.3) is 0 Å². The number of nitrogens with zero attached hydrogens (tertiary/aromatic N) is 4. The highest BCUT2D eigenvalue weighted by molar-refractivity contribution is 5.97. The number of nitrogens with one attached hydrogen (secondary N) is 1. The molecule has 204 valence electrons. The van der Waals surface area contributed by atoms with Crippen LogP contribution in [0.1, 0.15) is 55.7 Å². The number of carbonyl (C=O) groups excluding carboxylic acids is 2. The fourth-order valence-electron chi connectivity index (χ4n) is 5.53. The van der Waals surface area contributed by atoms with Crippen LogP contribution in [0.3, 0.4) is 0 Å². The number of halogens is 1. The lowest BCUT2D eigenvalue weighted by Gasteiger charge is -2.35. The molecule has 38 heavy (non-hydrogen) atoms. The van der Waals surface area contributed by atoms with Crippen LogP contribution in [0.4, 0.5) is 9.18 Å². The van der Waals surface area contributed by atoms with Crippen molar-refractivity contribution in [3.63, 3.8) is 0 Å². The van der Waals surface area contributed by atoms with E-state index in [1.54, 1.807) is 9.80 Å². The molecule has 1 aromatic carbocycles. The van der Waals surface area contributed by atoms with Gasteiger partial charge in [0.25, 0.3) is 5.91 Å². The molecule has 2 unspecified atom stereocenters. The topological polar surface area (TPSA) is 106 Å². The summed E-state index contributed by atoms with van der Waals surface area (Å²) in [5.41, 5.74) is -0.270. The minimum Gasteiger partial charge on any atom is -0.453 e. The molecule has 1 N–H and O–H groups in total. The summed E-state index contributed by atoms with van der Waals surface area (Å²) in [6.45, 7) is 9.25. The smallest absolute Gasteiger partial charge is 0.410 e. The van der Waals surface area contributed by atoms with Gasteiger partial charge in [-0.2, -0.15) is 0 Å². The van der Waals surface area contributed by atoms with Crippen molar-refractivity contribution in [1.29, 1.82) is 0 Å². The molecule has 0 saturated carbocycles. The predicted octanol–water partition coefficient (Wildman–Crippen LogP) is 3.54. The average molecular weight is 528 g/mol. The number of amides is 2. The number of aromatic nitrogens is 2. The predicted molar refractivity (Wildman–Crippen MR) is 135 cm³/mol. The van der Waals surface area contributed by atoms with Crippen molar-refractivity contribution in [3.05, 3.63) is 47.8 Å². The van der Waals surface area contributed by atoms with Gasteiger partial charge in [-0.3, -0.25) is 9.69 Å². The third kappa shape index (κ3) is 5.30. The molecule has 0 radical (unpaired) electrons. The van der Waals surface area contributed by atoms with Crippen LogP contribution in [0.2, 0.25) is 0 Å². The Hall–Kier alpha value is -3.31. The zero-order valence-electron chi connectivity index (χ0n) is 22.0. The van der Waals surface area contributed by atoms with E-state index >= 15 is 0 Å². The Balaban J connectivity index is 1.51. The summed E-state index contributed by atoms with van der Waals surface area (Å²) in [6, 6.07) is 3.44. The molecule has 2 amide bonds. The lowest BCUT2D eigenvalue weighted by molar-refractivity contribution is 0.0160. The highest BCUT2D eigenvalue weighted by Gasteiger charge is 2.53. The Morgan fingerprint density at radius 3 is 2.66 bits per heavy atom. The molecule has 0 bridgehead atoms. The number of benzene rings is 1. The molecule has 0 aliphatic carbocycles. The van der Waals surface area contributed by atoms with Crippen molar-refractivity contribution < 1.29 is 28.2 Å². The summed E-state index contributed by atoms with van der Waals surface area (Å²) in [5, 5.41) is 3.43. The van der Waals surface area contributed by atoms with Gasteiger partial charge in [0.05, 0.1) is 31.0 Å². The molecule has 3 fully saturated rings. The Bertz CT molecular complexity index is 1190. The number of hydrogen-bond acceptors (Lipinski definition) is 8. The third-order valence-electron chi connectivity index (χ3n) is 7.30. The monoisotopic (exact) mass is 527 g/mol. The third-order valence-corrected chi connectivity index (χ3v) is 7.30. The molecule has 4 heterocycles. The zero-order chi connectivity index (χ0) is 26.9. The Labute approximate surface area is 221 Å². The molecule has 2 aromatic rings. The second-order valence-electron chi connectivity index (χ2n) is 11.0. The maximum atomic E-state index is 14.3. The first kappa shape index (κ1) is 26.3. The summed E-state index contributed by atoms with van der Waals surface area (Å²) < 4.78 is 31.7. The second kappa shape index (κ2) is 10.5. The van der Waals surface area contributed by atoms with Gasteiger partial charge in [0.15, 0.2) is 5.75 Å². The fraction of sp³-hybridized carbons (Fsp3) is 0.556. The van der Waals surface area contributed by atoms with E-state index in [4.69, 9.17) is 14.2 Å². The number of ether oxygens (including phenoxy) is 3. The molecule has 1 aromatic heterocycles. The van der Waals surface area contributed by atoms with Crippen LogP contribution < -0.4 is 10.1 Å². The highest BCUT2D eigenvalue weighted by atomic mass is 19.1. The summed E-state index contributed by atoms with van der Waals surface area (Å²) in [6.07, 6.45) is 4.17. The highest BCUT2D eigenvalue weighted by Crippen LogP contribution is 2.52. The van der Waals surface area contributed by atoms with Crippen molar-refractivity contribution in [3.8, 4) is 11.5 Å². The number of hydrogen-bond donors (Lipinski definition) is 1. The number of rotatable bonds is 4. The molecular weight excluding hydrogens is 493 g/mol. The molecule has 11 heteroatoms. The van der Waals surface area contributed by atoms with Crippen molar-refractivity contribution in [2.45, 2.75) is 45.3 Å². The van der Waals surface area contributed by atoms with Crippen LogP contribution in [-0.4, -0.2) is 83.3 Å². The van der Waals surface area contributed by atoms with E-state index in [1.807, 2.05) is 20.8 Å². The zero-order valence-corrected chi connectivity index (χ0v) is 22.0. The standard InChI is InChI=1S/C27H34FN5O5/c1-26(2,3)38-25(35)33-9-7-27(6-8-29-16-27)23(33)22-21(15-30-17-31-22)37-20-5-4-18(28)14-19(20)24(34)32-10-12-36-13-11-32/h4-5,14-15,17,23,29H,6-13,16H2,1-3H3. The van der Waals surface area contributed by atoms with Gasteiger partial charge in [-0.25, -0.2) is 19.2 Å². The SMILES string of the molecule is CC(C)(C)OC(=O)N1CCC2(CCNC2)C1c1ncncc1Oc1ccc(F)cc1C(=O)N1CCOCC1. The number of morpholine rings is 1. The second-order valence-corrected chi connectivity index (χ2v) is 11.0. The first-order chi connectivity index (χ1) is 18.2. The lowest BCUT2D eigenvalue weighted by atomic mass is 9.78. The fourth-order valence-corrected chi connectivity index (χ4v) is 5.53. The van der Waals surface area contributed by atoms with Crippen LogP contribution in [-0.2, 0) is 9.47 Å². The Morgan fingerprint density at radius 2 is 1.95 bits per heavy atom. The van der Waals surface area contributed by atoms with Crippen molar-refractivity contribution in [2.75, 3.05) is 45.9 Å². The Morgan fingerprint density at radius 1 is 1.16 bits per heavy atom. The van der Waals surface area contributed by atoms with Gasteiger partial charge in [0.2, 0.25) is 0 Å². The minimum atomic E-state index is -0.654. The van der Waals surface area contributed by atoms with Crippen LogP contribution in [0.5, 0.6) is 11.5 Å². The van der Waals surface area contributed by atoms with Gasteiger partial charge >= 0.3 is 6.09 Å². The summed E-state index contributed by atoms with van der Waals surface area (Å²) in [4.78, 5) is 38.7. The number of likely N-dealkylation sites (tertiary alicyclic amines) is 1. The van der Waals surface area contributed by atoms with E-state index in [-0.39, 0.29) is 22.6 Å².